The topological polar surface area (TPSA) is 77.2 Å². The largest absolute Gasteiger partial charge is 0.417 e. The number of anilines is 1. The molecule has 0 radical (unpaired) electrons. The number of benzene rings is 1. The minimum absolute atomic E-state index is 0.219. The number of alkyl halides is 3. The summed E-state index contributed by atoms with van der Waals surface area (Å²) in [5.41, 5.74) is -0.00124. The third-order valence-corrected chi connectivity index (χ3v) is 5.39. The normalized spacial score (nSPS) is 14.0. The molecule has 28 heavy (non-hydrogen) atoms. The summed E-state index contributed by atoms with van der Waals surface area (Å²) in [6.07, 6.45) is -4.06. The van der Waals surface area contributed by atoms with E-state index in [1.54, 1.807) is 6.92 Å². The third kappa shape index (κ3) is 3.40. The van der Waals surface area contributed by atoms with Gasteiger partial charge in [0.2, 0.25) is 0 Å². The molecule has 0 bridgehead atoms. The molecule has 1 amide bonds. The Hall–Kier alpha value is -2.72. The summed E-state index contributed by atoms with van der Waals surface area (Å²) < 4.78 is 50.5. The van der Waals surface area contributed by atoms with Crippen molar-refractivity contribution in [3.8, 4) is 11.5 Å². The van der Waals surface area contributed by atoms with Crippen LogP contribution in [0, 0.1) is 6.92 Å². The first kappa shape index (κ1) is 18.6. The van der Waals surface area contributed by atoms with E-state index >= 15 is 0 Å². The molecule has 1 N–H and O–H groups in total. The molecule has 3 aromatic rings. The lowest BCUT2D eigenvalue weighted by atomic mass is 10.0. The highest BCUT2D eigenvalue weighted by molar-refractivity contribution is 7.17. The highest BCUT2D eigenvalue weighted by Gasteiger charge is 2.35. The van der Waals surface area contributed by atoms with Crippen LogP contribution in [-0.4, -0.2) is 22.7 Å². The number of aromatic nitrogens is 2. The van der Waals surface area contributed by atoms with Gasteiger partial charge in [-0.25, -0.2) is 0 Å². The Morgan fingerprint density at radius 3 is 2.79 bits per heavy atom. The van der Waals surface area contributed by atoms with Gasteiger partial charge in [0.15, 0.2) is 5.82 Å². The maximum Gasteiger partial charge on any atom is 0.417 e. The molecule has 0 atom stereocenters. The number of amides is 1. The second-order valence-electron chi connectivity index (χ2n) is 6.15. The number of carbonyl (C=O) groups excluding carboxylic acids is 1. The first-order chi connectivity index (χ1) is 13.3. The summed E-state index contributed by atoms with van der Waals surface area (Å²) in [4.78, 5) is 17.8. The summed E-state index contributed by atoms with van der Waals surface area (Å²) in [6.45, 7) is 2.51. The molecule has 0 aliphatic carbocycles. The standard InChI is InChI=1S/C18H14F3N3O3S/c1-9-22-16(27-24-9)14-11-6-7-26-8-13(11)28-17(14)23-15(25)10-4-2-3-5-12(10)18(19,20)21/h2-5H,6-8H2,1H3,(H,23,25). The fourth-order valence-electron chi connectivity index (χ4n) is 3.04. The predicted octanol–water partition coefficient (Wildman–Crippen LogP) is 4.45. The molecule has 0 saturated heterocycles. The number of rotatable bonds is 3. The minimum atomic E-state index is -4.64. The molecule has 1 aromatic carbocycles. The van der Waals surface area contributed by atoms with Crippen molar-refractivity contribution < 1.29 is 27.2 Å². The van der Waals surface area contributed by atoms with Gasteiger partial charge in [-0.05, 0) is 31.0 Å². The van der Waals surface area contributed by atoms with E-state index in [1.807, 2.05) is 0 Å². The Kier molecular flexibility index (Phi) is 4.68. The summed E-state index contributed by atoms with van der Waals surface area (Å²) >= 11 is 1.24. The van der Waals surface area contributed by atoms with Crippen LogP contribution in [0.1, 0.15) is 32.2 Å². The van der Waals surface area contributed by atoms with Crippen LogP contribution in [0.3, 0.4) is 0 Å². The highest BCUT2D eigenvalue weighted by Crippen LogP contribution is 2.43. The fourth-order valence-corrected chi connectivity index (χ4v) is 4.22. The van der Waals surface area contributed by atoms with Crippen molar-refractivity contribution in [2.24, 2.45) is 0 Å². The number of halogens is 3. The molecular formula is C18H14F3N3O3S. The number of ether oxygens (including phenoxy) is 1. The maximum atomic E-state index is 13.3. The van der Waals surface area contributed by atoms with Gasteiger partial charge in [0.1, 0.15) is 5.00 Å². The van der Waals surface area contributed by atoms with Gasteiger partial charge in [0, 0.05) is 4.88 Å². The van der Waals surface area contributed by atoms with E-state index in [0.717, 1.165) is 22.6 Å². The zero-order valence-corrected chi connectivity index (χ0v) is 15.4. The molecular weight excluding hydrogens is 395 g/mol. The molecule has 1 aliphatic heterocycles. The zero-order valence-electron chi connectivity index (χ0n) is 14.6. The van der Waals surface area contributed by atoms with Crippen LogP contribution in [0.5, 0.6) is 0 Å². The summed E-state index contributed by atoms with van der Waals surface area (Å²) in [5.74, 6) is -0.220. The molecule has 0 saturated carbocycles. The van der Waals surface area contributed by atoms with Crippen molar-refractivity contribution in [2.45, 2.75) is 26.1 Å². The molecule has 1 aliphatic rings. The van der Waals surface area contributed by atoms with E-state index in [-0.39, 0.29) is 5.89 Å². The van der Waals surface area contributed by atoms with Gasteiger partial charge < -0.3 is 14.6 Å². The van der Waals surface area contributed by atoms with E-state index in [0.29, 0.717) is 36.0 Å². The van der Waals surface area contributed by atoms with Crippen LogP contribution in [-0.2, 0) is 23.9 Å². The fraction of sp³-hybridized carbons (Fsp3) is 0.278. The molecule has 2 aromatic heterocycles. The van der Waals surface area contributed by atoms with E-state index in [9.17, 15) is 18.0 Å². The van der Waals surface area contributed by atoms with Gasteiger partial charge >= 0.3 is 6.18 Å². The summed E-state index contributed by atoms with van der Waals surface area (Å²) in [7, 11) is 0. The number of nitrogens with zero attached hydrogens (tertiary/aromatic N) is 2. The minimum Gasteiger partial charge on any atom is -0.376 e. The molecule has 146 valence electrons. The maximum absolute atomic E-state index is 13.3. The number of hydrogen-bond donors (Lipinski definition) is 1. The molecule has 10 heteroatoms. The van der Waals surface area contributed by atoms with E-state index in [4.69, 9.17) is 9.26 Å². The van der Waals surface area contributed by atoms with Gasteiger partial charge in [-0.3, -0.25) is 4.79 Å². The molecule has 0 unspecified atom stereocenters. The molecule has 4 rings (SSSR count). The summed E-state index contributed by atoms with van der Waals surface area (Å²) in [6, 6.07) is 4.66. The van der Waals surface area contributed by atoms with Gasteiger partial charge in [-0.2, -0.15) is 18.2 Å². The average Bonchev–Trinajstić information content (AvgIpc) is 3.23. The quantitative estimate of drug-likeness (QED) is 0.692. The number of carbonyl (C=O) groups is 1. The van der Waals surface area contributed by atoms with Crippen LogP contribution in [0.2, 0.25) is 0 Å². The van der Waals surface area contributed by atoms with Crippen molar-refractivity contribution in [1.82, 2.24) is 10.1 Å². The Balaban J connectivity index is 1.75. The Morgan fingerprint density at radius 1 is 1.29 bits per heavy atom. The van der Waals surface area contributed by atoms with Crippen LogP contribution >= 0.6 is 11.3 Å². The van der Waals surface area contributed by atoms with Crippen molar-refractivity contribution >= 4 is 22.2 Å². The first-order valence-electron chi connectivity index (χ1n) is 8.35. The Morgan fingerprint density at radius 2 is 2.07 bits per heavy atom. The van der Waals surface area contributed by atoms with E-state index in [2.05, 4.69) is 15.5 Å². The van der Waals surface area contributed by atoms with E-state index < -0.39 is 23.2 Å². The van der Waals surface area contributed by atoms with Crippen LogP contribution in [0.15, 0.2) is 28.8 Å². The lowest BCUT2D eigenvalue weighted by molar-refractivity contribution is -0.137. The highest BCUT2D eigenvalue weighted by atomic mass is 32.1. The van der Waals surface area contributed by atoms with Gasteiger partial charge in [-0.15, -0.1) is 11.3 Å². The number of hydrogen-bond acceptors (Lipinski definition) is 6. The third-order valence-electron chi connectivity index (χ3n) is 4.27. The molecule has 0 fully saturated rings. The molecule has 0 spiro atoms. The van der Waals surface area contributed by atoms with Crippen molar-refractivity contribution in [2.75, 3.05) is 11.9 Å². The number of aryl methyl sites for hydroxylation is 1. The Bertz CT molecular complexity index is 1040. The smallest absolute Gasteiger partial charge is 0.376 e. The SMILES string of the molecule is Cc1noc(-c2c(NC(=O)c3ccccc3C(F)(F)F)sc3c2CCOC3)n1. The average molecular weight is 409 g/mol. The van der Waals surface area contributed by atoms with Crippen molar-refractivity contribution in [3.05, 3.63) is 51.7 Å². The molecule has 6 nitrogen and oxygen atoms in total. The second-order valence-corrected chi connectivity index (χ2v) is 7.26. The van der Waals surface area contributed by atoms with Crippen LogP contribution in [0.4, 0.5) is 18.2 Å². The number of nitrogens with one attached hydrogen (secondary N) is 1. The summed E-state index contributed by atoms with van der Waals surface area (Å²) in [5, 5.41) is 6.73. The van der Waals surface area contributed by atoms with Gasteiger partial charge in [0.25, 0.3) is 11.8 Å². The number of fused-ring (bicyclic) bond motifs is 1. The zero-order chi connectivity index (χ0) is 19.9. The van der Waals surface area contributed by atoms with Crippen molar-refractivity contribution in [1.29, 1.82) is 0 Å². The lowest BCUT2D eigenvalue weighted by Gasteiger charge is -2.13. The Labute approximate surface area is 161 Å². The van der Waals surface area contributed by atoms with E-state index in [1.165, 1.54) is 23.5 Å². The number of thiophene rings is 1. The molecule has 3 heterocycles. The monoisotopic (exact) mass is 409 g/mol. The predicted molar refractivity (Wildman–Crippen MR) is 95.1 cm³/mol. The first-order valence-corrected chi connectivity index (χ1v) is 9.17. The van der Waals surface area contributed by atoms with Crippen LogP contribution in [0.25, 0.3) is 11.5 Å². The van der Waals surface area contributed by atoms with Gasteiger partial charge in [-0.1, -0.05) is 17.3 Å². The van der Waals surface area contributed by atoms with Crippen LogP contribution < -0.4 is 5.32 Å². The second kappa shape index (κ2) is 7.02. The van der Waals surface area contributed by atoms with Gasteiger partial charge in [0.05, 0.1) is 29.9 Å². The lowest BCUT2D eigenvalue weighted by Crippen LogP contribution is -2.18. The van der Waals surface area contributed by atoms with Crippen molar-refractivity contribution in [3.63, 3.8) is 0 Å².